The quantitative estimate of drug-likeness (QED) is 0.778. The summed E-state index contributed by atoms with van der Waals surface area (Å²) in [5.74, 6) is 1.67. The standard InChI is InChI=1S/C9H12N4O/c1-10-8(7-4-3-5-14-7)9-11-6-12-13(9)2/h3-6,8,10H,1-2H3. The normalized spacial score (nSPS) is 13.0. The van der Waals surface area contributed by atoms with Crippen LogP contribution in [0.1, 0.15) is 17.6 Å². The highest BCUT2D eigenvalue weighted by Crippen LogP contribution is 2.18. The molecule has 14 heavy (non-hydrogen) atoms. The first kappa shape index (κ1) is 8.96. The van der Waals surface area contributed by atoms with Gasteiger partial charge in [0.2, 0.25) is 0 Å². The van der Waals surface area contributed by atoms with Gasteiger partial charge in [-0.1, -0.05) is 0 Å². The first-order valence-electron chi connectivity index (χ1n) is 4.37. The number of nitrogens with zero attached hydrogens (tertiary/aromatic N) is 3. The van der Waals surface area contributed by atoms with Gasteiger partial charge in [0.15, 0.2) is 5.82 Å². The summed E-state index contributed by atoms with van der Waals surface area (Å²) in [7, 11) is 3.72. The molecule has 0 aliphatic heterocycles. The molecular weight excluding hydrogens is 180 g/mol. The SMILES string of the molecule is CNC(c1ccco1)c1ncnn1C. The summed E-state index contributed by atoms with van der Waals surface area (Å²) >= 11 is 0. The van der Waals surface area contributed by atoms with Crippen molar-refractivity contribution in [2.75, 3.05) is 7.05 Å². The molecule has 2 aromatic rings. The van der Waals surface area contributed by atoms with Gasteiger partial charge in [0.25, 0.3) is 0 Å². The van der Waals surface area contributed by atoms with E-state index in [1.165, 1.54) is 6.33 Å². The van der Waals surface area contributed by atoms with E-state index >= 15 is 0 Å². The Hall–Kier alpha value is -1.62. The summed E-state index contributed by atoms with van der Waals surface area (Å²) in [5.41, 5.74) is 0. The van der Waals surface area contributed by atoms with E-state index in [2.05, 4.69) is 15.4 Å². The molecule has 0 fully saturated rings. The molecule has 1 atom stereocenters. The van der Waals surface area contributed by atoms with Gasteiger partial charge in [-0.05, 0) is 19.2 Å². The third kappa shape index (κ3) is 1.42. The minimum absolute atomic E-state index is 0.0440. The van der Waals surface area contributed by atoms with E-state index in [9.17, 15) is 0 Å². The van der Waals surface area contributed by atoms with Gasteiger partial charge in [-0.3, -0.25) is 4.68 Å². The topological polar surface area (TPSA) is 55.9 Å². The van der Waals surface area contributed by atoms with Gasteiger partial charge >= 0.3 is 0 Å². The predicted molar refractivity (Wildman–Crippen MR) is 50.6 cm³/mol. The Labute approximate surface area is 81.8 Å². The lowest BCUT2D eigenvalue weighted by Gasteiger charge is -2.11. The second-order valence-electron chi connectivity index (χ2n) is 2.98. The van der Waals surface area contributed by atoms with E-state index in [-0.39, 0.29) is 6.04 Å². The van der Waals surface area contributed by atoms with Gasteiger partial charge < -0.3 is 9.73 Å². The monoisotopic (exact) mass is 192 g/mol. The molecule has 1 N–H and O–H groups in total. The lowest BCUT2D eigenvalue weighted by atomic mass is 10.2. The van der Waals surface area contributed by atoms with Crippen LogP contribution in [-0.4, -0.2) is 21.8 Å². The molecule has 5 nitrogen and oxygen atoms in total. The van der Waals surface area contributed by atoms with Crippen molar-refractivity contribution in [1.82, 2.24) is 20.1 Å². The minimum Gasteiger partial charge on any atom is -0.467 e. The van der Waals surface area contributed by atoms with E-state index in [0.29, 0.717) is 0 Å². The Morgan fingerprint density at radius 3 is 2.93 bits per heavy atom. The number of hydrogen-bond donors (Lipinski definition) is 1. The fourth-order valence-corrected chi connectivity index (χ4v) is 1.42. The van der Waals surface area contributed by atoms with Crippen LogP contribution in [0.4, 0.5) is 0 Å². The maximum absolute atomic E-state index is 5.32. The fraction of sp³-hybridized carbons (Fsp3) is 0.333. The van der Waals surface area contributed by atoms with Crippen LogP contribution in [0.2, 0.25) is 0 Å². The molecule has 0 saturated carbocycles. The second kappa shape index (κ2) is 3.63. The summed E-state index contributed by atoms with van der Waals surface area (Å²) in [6, 6.07) is 3.73. The van der Waals surface area contributed by atoms with E-state index < -0.39 is 0 Å². The zero-order valence-electron chi connectivity index (χ0n) is 8.14. The second-order valence-corrected chi connectivity index (χ2v) is 2.98. The predicted octanol–water partition coefficient (Wildman–Crippen LogP) is 0.717. The Morgan fingerprint density at radius 1 is 1.57 bits per heavy atom. The average Bonchev–Trinajstić information content (AvgIpc) is 2.80. The first-order chi connectivity index (χ1) is 6.83. The maximum Gasteiger partial charge on any atom is 0.151 e. The van der Waals surface area contributed by atoms with Crippen LogP contribution in [0, 0.1) is 0 Å². The van der Waals surface area contributed by atoms with Gasteiger partial charge in [-0.2, -0.15) is 5.10 Å². The first-order valence-corrected chi connectivity index (χ1v) is 4.37. The molecule has 5 heteroatoms. The van der Waals surface area contributed by atoms with Crippen molar-refractivity contribution in [3.8, 4) is 0 Å². The number of hydrogen-bond acceptors (Lipinski definition) is 4. The molecule has 0 aromatic carbocycles. The van der Waals surface area contributed by atoms with Gasteiger partial charge in [0.1, 0.15) is 18.1 Å². The van der Waals surface area contributed by atoms with E-state index in [1.54, 1.807) is 10.9 Å². The summed E-state index contributed by atoms with van der Waals surface area (Å²) in [5, 5.41) is 7.15. The molecule has 2 aromatic heterocycles. The molecule has 2 heterocycles. The number of aromatic nitrogens is 3. The Kier molecular flexibility index (Phi) is 2.32. The Balaban J connectivity index is 2.36. The largest absolute Gasteiger partial charge is 0.467 e. The summed E-state index contributed by atoms with van der Waals surface area (Å²) in [4.78, 5) is 4.17. The van der Waals surface area contributed by atoms with Crippen LogP contribution < -0.4 is 5.32 Å². The van der Waals surface area contributed by atoms with Crippen LogP contribution in [0.5, 0.6) is 0 Å². The molecule has 2 rings (SSSR count). The summed E-state index contributed by atoms with van der Waals surface area (Å²) in [6.45, 7) is 0. The molecule has 0 saturated heterocycles. The van der Waals surface area contributed by atoms with Crippen LogP contribution in [0.3, 0.4) is 0 Å². The molecule has 0 bridgehead atoms. The van der Waals surface area contributed by atoms with Crippen LogP contribution in [-0.2, 0) is 7.05 Å². The van der Waals surface area contributed by atoms with Crippen molar-refractivity contribution >= 4 is 0 Å². The smallest absolute Gasteiger partial charge is 0.151 e. The molecule has 0 aliphatic carbocycles. The molecule has 0 radical (unpaired) electrons. The third-order valence-electron chi connectivity index (χ3n) is 2.12. The highest BCUT2D eigenvalue weighted by Gasteiger charge is 2.18. The molecule has 74 valence electrons. The van der Waals surface area contributed by atoms with Crippen molar-refractivity contribution in [1.29, 1.82) is 0 Å². The minimum atomic E-state index is -0.0440. The lowest BCUT2D eigenvalue weighted by Crippen LogP contribution is -2.21. The number of aryl methyl sites for hydroxylation is 1. The van der Waals surface area contributed by atoms with Crippen molar-refractivity contribution in [2.24, 2.45) is 7.05 Å². The molecule has 0 aliphatic rings. The van der Waals surface area contributed by atoms with Gasteiger partial charge in [-0.25, -0.2) is 4.98 Å². The summed E-state index contributed by atoms with van der Waals surface area (Å²) in [6.07, 6.45) is 3.18. The number of nitrogens with one attached hydrogen (secondary N) is 1. The molecule has 0 amide bonds. The third-order valence-corrected chi connectivity index (χ3v) is 2.12. The zero-order chi connectivity index (χ0) is 9.97. The number of furan rings is 1. The summed E-state index contributed by atoms with van der Waals surface area (Å²) < 4.78 is 7.05. The van der Waals surface area contributed by atoms with E-state index in [0.717, 1.165) is 11.6 Å². The van der Waals surface area contributed by atoms with Crippen molar-refractivity contribution in [3.05, 3.63) is 36.3 Å². The van der Waals surface area contributed by atoms with Crippen LogP contribution >= 0.6 is 0 Å². The Morgan fingerprint density at radius 2 is 2.43 bits per heavy atom. The van der Waals surface area contributed by atoms with Crippen molar-refractivity contribution in [3.63, 3.8) is 0 Å². The fourth-order valence-electron chi connectivity index (χ4n) is 1.42. The molecule has 1 unspecified atom stereocenters. The molecule has 0 spiro atoms. The van der Waals surface area contributed by atoms with E-state index in [1.807, 2.05) is 26.2 Å². The highest BCUT2D eigenvalue weighted by molar-refractivity contribution is 5.13. The maximum atomic E-state index is 5.32. The highest BCUT2D eigenvalue weighted by atomic mass is 16.3. The van der Waals surface area contributed by atoms with Crippen molar-refractivity contribution in [2.45, 2.75) is 6.04 Å². The van der Waals surface area contributed by atoms with Gasteiger partial charge in [0, 0.05) is 7.05 Å². The lowest BCUT2D eigenvalue weighted by molar-refractivity contribution is 0.444. The van der Waals surface area contributed by atoms with E-state index in [4.69, 9.17) is 4.42 Å². The van der Waals surface area contributed by atoms with Gasteiger partial charge in [-0.15, -0.1) is 0 Å². The van der Waals surface area contributed by atoms with Crippen molar-refractivity contribution < 1.29 is 4.42 Å². The zero-order valence-corrected chi connectivity index (χ0v) is 8.14. The van der Waals surface area contributed by atoms with Gasteiger partial charge in [0.05, 0.1) is 6.26 Å². The van der Waals surface area contributed by atoms with Crippen LogP contribution in [0.15, 0.2) is 29.1 Å². The average molecular weight is 192 g/mol. The molecular formula is C9H12N4O. The Bertz CT molecular complexity index is 393. The van der Waals surface area contributed by atoms with Crippen LogP contribution in [0.25, 0.3) is 0 Å². The number of rotatable bonds is 3.